The van der Waals surface area contributed by atoms with Crippen molar-refractivity contribution >= 4 is 5.91 Å². The Morgan fingerprint density at radius 2 is 2.26 bits per heavy atom. The van der Waals surface area contributed by atoms with Gasteiger partial charge in [0.2, 0.25) is 5.91 Å². The number of amides is 1. The van der Waals surface area contributed by atoms with E-state index in [1.165, 1.54) is 12.7 Å². The van der Waals surface area contributed by atoms with Crippen molar-refractivity contribution in [1.82, 2.24) is 25.4 Å². The molecule has 2 heterocycles. The first-order valence-electron chi connectivity index (χ1n) is 8.17. The number of nitrogens with zero attached hydrogens (tertiary/aromatic N) is 3. The highest BCUT2D eigenvalue weighted by Gasteiger charge is 2.16. The molecule has 0 spiro atoms. The zero-order valence-corrected chi connectivity index (χ0v) is 13.4. The van der Waals surface area contributed by atoms with E-state index in [2.05, 4.69) is 20.7 Å². The van der Waals surface area contributed by atoms with Crippen LogP contribution in [0.4, 0.5) is 0 Å². The van der Waals surface area contributed by atoms with Gasteiger partial charge in [0.05, 0.1) is 11.7 Å². The molecule has 1 aromatic carbocycles. The molecule has 1 aromatic heterocycles. The largest absolute Gasteiger partial charge is 0.350 e. The Bertz CT molecular complexity index is 617. The van der Waals surface area contributed by atoms with E-state index >= 15 is 0 Å². The average molecular weight is 313 g/mol. The van der Waals surface area contributed by atoms with E-state index in [0.717, 1.165) is 30.8 Å². The number of hydrogen-bond donors (Lipinski definition) is 2. The molecule has 1 fully saturated rings. The minimum absolute atomic E-state index is 0.00833. The molecule has 0 saturated carbocycles. The Hall–Kier alpha value is -2.21. The van der Waals surface area contributed by atoms with E-state index in [-0.39, 0.29) is 11.9 Å². The lowest BCUT2D eigenvalue weighted by atomic mass is 10.0. The lowest BCUT2D eigenvalue weighted by Crippen LogP contribution is -2.27. The van der Waals surface area contributed by atoms with Gasteiger partial charge in [-0.15, -0.1) is 0 Å². The van der Waals surface area contributed by atoms with Crippen LogP contribution in [0, 0.1) is 5.92 Å². The molecule has 122 valence electrons. The molecule has 23 heavy (non-hydrogen) atoms. The molecular formula is C17H23N5O. The van der Waals surface area contributed by atoms with Crippen molar-refractivity contribution in [2.45, 2.75) is 32.2 Å². The van der Waals surface area contributed by atoms with Crippen LogP contribution in [0.3, 0.4) is 0 Å². The van der Waals surface area contributed by atoms with Crippen molar-refractivity contribution in [2.24, 2.45) is 5.92 Å². The molecule has 0 radical (unpaired) electrons. The van der Waals surface area contributed by atoms with E-state index in [4.69, 9.17) is 0 Å². The monoisotopic (exact) mass is 313 g/mol. The van der Waals surface area contributed by atoms with Crippen LogP contribution in [0.5, 0.6) is 0 Å². The summed E-state index contributed by atoms with van der Waals surface area (Å²) in [5, 5.41) is 10.5. The molecule has 1 aliphatic heterocycles. The fourth-order valence-electron chi connectivity index (χ4n) is 2.95. The summed E-state index contributed by atoms with van der Waals surface area (Å²) in [7, 11) is 0. The van der Waals surface area contributed by atoms with Crippen molar-refractivity contribution in [3.05, 3.63) is 42.5 Å². The smallest absolute Gasteiger partial charge is 0.220 e. The lowest BCUT2D eigenvalue weighted by molar-refractivity contribution is -0.122. The third-order valence-corrected chi connectivity index (χ3v) is 4.40. The number of aromatic nitrogens is 3. The molecule has 6 nitrogen and oxygen atoms in total. The highest BCUT2D eigenvalue weighted by atomic mass is 16.1. The maximum atomic E-state index is 12.1. The molecule has 1 aliphatic rings. The first-order chi connectivity index (χ1) is 11.2. The van der Waals surface area contributed by atoms with Crippen molar-refractivity contribution in [1.29, 1.82) is 0 Å². The molecule has 2 aromatic rings. The quantitative estimate of drug-likeness (QED) is 0.853. The second-order valence-electron chi connectivity index (χ2n) is 6.12. The Kier molecular flexibility index (Phi) is 5.02. The van der Waals surface area contributed by atoms with Gasteiger partial charge in [0.1, 0.15) is 12.7 Å². The Labute approximate surface area is 136 Å². The summed E-state index contributed by atoms with van der Waals surface area (Å²) in [4.78, 5) is 16.0. The molecule has 2 unspecified atom stereocenters. The van der Waals surface area contributed by atoms with Gasteiger partial charge in [-0.05, 0) is 56.5 Å². The maximum Gasteiger partial charge on any atom is 0.220 e. The molecular weight excluding hydrogens is 290 g/mol. The van der Waals surface area contributed by atoms with Crippen LogP contribution >= 0.6 is 0 Å². The van der Waals surface area contributed by atoms with Crippen LogP contribution in [0.2, 0.25) is 0 Å². The van der Waals surface area contributed by atoms with Crippen molar-refractivity contribution < 1.29 is 4.79 Å². The summed E-state index contributed by atoms with van der Waals surface area (Å²) in [5.74, 6) is 0.780. The molecule has 3 rings (SSSR count). The highest BCUT2D eigenvalue weighted by Crippen LogP contribution is 2.17. The summed E-state index contributed by atoms with van der Waals surface area (Å²) in [6.07, 6.45) is 5.94. The SMILES string of the molecule is CC(NC(=O)CCC1CCNC1)c1ccc(-n2cncn2)cc1. The number of rotatable bonds is 6. The fraction of sp³-hybridized carbons (Fsp3) is 0.471. The first-order valence-corrected chi connectivity index (χ1v) is 8.17. The van der Waals surface area contributed by atoms with Gasteiger partial charge in [-0.3, -0.25) is 4.79 Å². The Morgan fingerprint density at radius 3 is 2.91 bits per heavy atom. The number of carbonyl (C=O) groups is 1. The molecule has 6 heteroatoms. The fourth-order valence-corrected chi connectivity index (χ4v) is 2.95. The molecule has 2 N–H and O–H groups in total. The average Bonchev–Trinajstić information content (AvgIpc) is 3.26. The predicted octanol–water partition coefficient (Wildman–Crippen LogP) is 1.83. The minimum atomic E-state index is 0.00833. The van der Waals surface area contributed by atoms with Crippen LogP contribution in [-0.4, -0.2) is 33.8 Å². The number of hydrogen-bond acceptors (Lipinski definition) is 4. The topological polar surface area (TPSA) is 71.8 Å². The lowest BCUT2D eigenvalue weighted by Gasteiger charge is -2.16. The second-order valence-corrected chi connectivity index (χ2v) is 6.12. The number of benzene rings is 1. The maximum absolute atomic E-state index is 12.1. The van der Waals surface area contributed by atoms with E-state index in [0.29, 0.717) is 12.3 Å². The van der Waals surface area contributed by atoms with Crippen LogP contribution in [0.25, 0.3) is 5.69 Å². The predicted molar refractivity (Wildman–Crippen MR) is 88.1 cm³/mol. The van der Waals surface area contributed by atoms with Crippen LogP contribution in [0.15, 0.2) is 36.9 Å². The molecule has 0 bridgehead atoms. The van der Waals surface area contributed by atoms with E-state index in [1.54, 1.807) is 11.0 Å². The standard InChI is InChI=1S/C17H23N5O/c1-13(21-17(23)7-2-14-8-9-18-10-14)15-3-5-16(6-4-15)22-12-19-11-20-22/h3-6,11-14,18H,2,7-10H2,1H3,(H,21,23). The molecule has 1 amide bonds. The third kappa shape index (κ3) is 4.16. The van der Waals surface area contributed by atoms with Crippen LogP contribution < -0.4 is 10.6 Å². The molecule has 0 aliphatic carbocycles. The minimum Gasteiger partial charge on any atom is -0.350 e. The van der Waals surface area contributed by atoms with E-state index < -0.39 is 0 Å². The third-order valence-electron chi connectivity index (χ3n) is 4.40. The van der Waals surface area contributed by atoms with E-state index in [9.17, 15) is 4.79 Å². The van der Waals surface area contributed by atoms with Gasteiger partial charge in [-0.2, -0.15) is 5.10 Å². The zero-order valence-electron chi connectivity index (χ0n) is 13.4. The summed E-state index contributed by atoms with van der Waals surface area (Å²) in [5.41, 5.74) is 2.04. The van der Waals surface area contributed by atoms with Crippen LogP contribution in [0.1, 0.15) is 37.8 Å². The Balaban J connectivity index is 1.51. The van der Waals surface area contributed by atoms with Crippen molar-refractivity contribution in [3.63, 3.8) is 0 Å². The van der Waals surface area contributed by atoms with Gasteiger partial charge in [-0.1, -0.05) is 12.1 Å². The van der Waals surface area contributed by atoms with Gasteiger partial charge < -0.3 is 10.6 Å². The number of nitrogens with one attached hydrogen (secondary N) is 2. The second kappa shape index (κ2) is 7.37. The van der Waals surface area contributed by atoms with Gasteiger partial charge in [-0.25, -0.2) is 9.67 Å². The van der Waals surface area contributed by atoms with Gasteiger partial charge >= 0.3 is 0 Å². The normalized spacial score (nSPS) is 18.7. The van der Waals surface area contributed by atoms with Gasteiger partial charge in [0, 0.05) is 6.42 Å². The van der Waals surface area contributed by atoms with Crippen molar-refractivity contribution in [2.75, 3.05) is 13.1 Å². The van der Waals surface area contributed by atoms with E-state index in [1.807, 2.05) is 31.2 Å². The van der Waals surface area contributed by atoms with Gasteiger partial charge in [0.15, 0.2) is 0 Å². The molecule has 1 saturated heterocycles. The summed E-state index contributed by atoms with van der Waals surface area (Å²) >= 11 is 0. The Morgan fingerprint density at radius 1 is 1.43 bits per heavy atom. The summed E-state index contributed by atoms with van der Waals surface area (Å²) < 4.78 is 1.71. The first kappa shape index (κ1) is 15.7. The molecule has 2 atom stereocenters. The number of carbonyl (C=O) groups excluding carboxylic acids is 1. The summed E-state index contributed by atoms with van der Waals surface area (Å²) in [6, 6.07) is 8.01. The highest BCUT2D eigenvalue weighted by molar-refractivity contribution is 5.76. The van der Waals surface area contributed by atoms with Crippen LogP contribution in [-0.2, 0) is 4.79 Å². The zero-order chi connectivity index (χ0) is 16.1. The summed E-state index contributed by atoms with van der Waals surface area (Å²) in [6.45, 7) is 4.15. The van der Waals surface area contributed by atoms with Gasteiger partial charge in [0.25, 0.3) is 0 Å². The van der Waals surface area contributed by atoms with Crippen molar-refractivity contribution in [3.8, 4) is 5.69 Å².